The number of pyridine rings is 1. The summed E-state index contributed by atoms with van der Waals surface area (Å²) < 4.78 is 6.81. The van der Waals surface area contributed by atoms with Gasteiger partial charge in [0.2, 0.25) is 0 Å². The summed E-state index contributed by atoms with van der Waals surface area (Å²) in [5.74, 6) is 1.37. The first-order valence-corrected chi connectivity index (χ1v) is 6.20. The Hall–Kier alpha value is -1.86. The number of benzene rings is 1. The molecule has 0 aliphatic heterocycles. The molecule has 18 heavy (non-hydrogen) atoms. The predicted molar refractivity (Wildman–Crippen MR) is 72.6 cm³/mol. The van der Waals surface area contributed by atoms with E-state index in [0.29, 0.717) is 11.4 Å². The Balaban J connectivity index is 2.32. The summed E-state index contributed by atoms with van der Waals surface area (Å²) >= 11 is 3.51. The van der Waals surface area contributed by atoms with Gasteiger partial charge in [-0.05, 0) is 43.2 Å². The molecule has 0 radical (unpaired) electrons. The summed E-state index contributed by atoms with van der Waals surface area (Å²) in [5.41, 5.74) is 2.57. The molecule has 1 aromatic heterocycles. The molecule has 0 amide bonds. The van der Waals surface area contributed by atoms with Crippen molar-refractivity contribution in [3.63, 3.8) is 0 Å². The van der Waals surface area contributed by atoms with Crippen LogP contribution in [0.5, 0.6) is 11.5 Å². The van der Waals surface area contributed by atoms with Crippen molar-refractivity contribution in [1.82, 2.24) is 4.98 Å². The van der Waals surface area contributed by atoms with Crippen molar-refractivity contribution in [2.24, 2.45) is 0 Å². The molecule has 3 nitrogen and oxygen atoms in total. The molecule has 0 saturated carbocycles. The van der Waals surface area contributed by atoms with Crippen molar-refractivity contribution in [2.75, 3.05) is 0 Å². The van der Waals surface area contributed by atoms with E-state index in [0.717, 1.165) is 21.3 Å². The highest BCUT2D eigenvalue weighted by Crippen LogP contribution is 2.29. The molecule has 0 bridgehead atoms. The van der Waals surface area contributed by atoms with Crippen LogP contribution in [0, 0.1) is 25.2 Å². The van der Waals surface area contributed by atoms with Crippen molar-refractivity contribution >= 4 is 15.9 Å². The summed E-state index contributed by atoms with van der Waals surface area (Å²) in [4.78, 5) is 3.90. The van der Waals surface area contributed by atoms with Crippen molar-refractivity contribution in [1.29, 1.82) is 5.26 Å². The Morgan fingerprint density at radius 1 is 1.17 bits per heavy atom. The van der Waals surface area contributed by atoms with Crippen LogP contribution in [0.2, 0.25) is 0 Å². The molecule has 1 aromatic carbocycles. The van der Waals surface area contributed by atoms with Gasteiger partial charge in [0, 0.05) is 16.7 Å². The van der Waals surface area contributed by atoms with E-state index in [1.807, 2.05) is 32.0 Å². The molecule has 2 rings (SSSR count). The molecule has 2 aromatic rings. The normalized spacial score (nSPS) is 9.89. The van der Waals surface area contributed by atoms with Gasteiger partial charge in [-0.2, -0.15) is 5.26 Å². The zero-order valence-corrected chi connectivity index (χ0v) is 11.7. The van der Waals surface area contributed by atoms with E-state index in [1.54, 1.807) is 18.3 Å². The van der Waals surface area contributed by atoms with Crippen LogP contribution in [-0.4, -0.2) is 4.98 Å². The Morgan fingerprint density at radius 2 is 1.83 bits per heavy atom. The average molecular weight is 303 g/mol. The average Bonchev–Trinajstić information content (AvgIpc) is 2.36. The van der Waals surface area contributed by atoms with Gasteiger partial charge in [-0.25, -0.2) is 4.98 Å². The maximum atomic E-state index is 8.78. The van der Waals surface area contributed by atoms with E-state index in [1.165, 1.54) is 0 Å². The fourth-order valence-corrected chi connectivity index (χ4v) is 1.87. The summed E-state index contributed by atoms with van der Waals surface area (Å²) in [5, 5.41) is 8.78. The van der Waals surface area contributed by atoms with Gasteiger partial charge in [-0.1, -0.05) is 15.9 Å². The fraction of sp³-hybridized carbons (Fsp3) is 0.143. The zero-order valence-electron chi connectivity index (χ0n) is 10.1. The number of halogens is 1. The highest BCUT2D eigenvalue weighted by Gasteiger charge is 2.05. The maximum absolute atomic E-state index is 8.78. The second-order valence-electron chi connectivity index (χ2n) is 3.96. The molecular weight excluding hydrogens is 292 g/mol. The molecule has 90 valence electrons. The van der Waals surface area contributed by atoms with E-state index in [4.69, 9.17) is 10.00 Å². The zero-order chi connectivity index (χ0) is 13.1. The van der Waals surface area contributed by atoms with Gasteiger partial charge in [0.1, 0.15) is 23.3 Å². The second kappa shape index (κ2) is 5.19. The lowest BCUT2D eigenvalue weighted by molar-refractivity contribution is 0.480. The van der Waals surface area contributed by atoms with Crippen LogP contribution in [0.1, 0.15) is 16.8 Å². The van der Waals surface area contributed by atoms with Gasteiger partial charge in [0.25, 0.3) is 0 Å². The molecule has 0 N–H and O–H groups in total. The predicted octanol–water partition coefficient (Wildman–Crippen LogP) is 4.12. The van der Waals surface area contributed by atoms with Gasteiger partial charge in [0.05, 0.1) is 0 Å². The number of rotatable bonds is 2. The molecule has 0 atom stereocenters. The first kappa shape index (κ1) is 12.6. The largest absolute Gasteiger partial charge is 0.457 e. The number of aryl methyl sites for hydroxylation is 2. The number of nitrogens with zero attached hydrogens (tertiary/aromatic N) is 2. The summed E-state index contributed by atoms with van der Waals surface area (Å²) in [7, 11) is 0. The molecular formula is C14H11BrN2O. The van der Waals surface area contributed by atoms with Crippen molar-refractivity contribution in [2.45, 2.75) is 13.8 Å². The number of hydrogen-bond donors (Lipinski definition) is 0. The Morgan fingerprint density at radius 3 is 2.44 bits per heavy atom. The summed E-state index contributed by atoms with van der Waals surface area (Å²) in [6.45, 7) is 4.02. The van der Waals surface area contributed by atoms with E-state index in [-0.39, 0.29) is 0 Å². The van der Waals surface area contributed by atoms with Gasteiger partial charge in [0.15, 0.2) is 0 Å². The lowest BCUT2D eigenvalue weighted by Crippen LogP contribution is -1.90. The highest BCUT2D eigenvalue weighted by atomic mass is 79.9. The summed E-state index contributed by atoms with van der Waals surface area (Å²) in [6.07, 6.45) is 1.56. The molecule has 4 heteroatoms. The standard InChI is InChI=1S/C14H11BrN2O/c1-9-5-13(6-10(2)14(9)15)18-12-3-4-17-11(7-12)8-16/h3-7H,1-2H3. The topological polar surface area (TPSA) is 45.9 Å². The number of ether oxygens (including phenoxy) is 1. The molecule has 0 aliphatic carbocycles. The minimum atomic E-state index is 0.345. The van der Waals surface area contributed by atoms with Crippen LogP contribution in [0.4, 0.5) is 0 Å². The van der Waals surface area contributed by atoms with Crippen LogP contribution in [0.15, 0.2) is 34.9 Å². The number of aromatic nitrogens is 1. The van der Waals surface area contributed by atoms with Crippen LogP contribution >= 0.6 is 15.9 Å². The number of nitriles is 1. The fourth-order valence-electron chi connectivity index (χ4n) is 1.64. The van der Waals surface area contributed by atoms with Crippen molar-refractivity contribution < 1.29 is 4.74 Å². The molecule has 0 aliphatic rings. The Bertz CT molecular complexity index is 609. The van der Waals surface area contributed by atoms with Crippen LogP contribution in [0.3, 0.4) is 0 Å². The van der Waals surface area contributed by atoms with E-state index >= 15 is 0 Å². The smallest absolute Gasteiger partial charge is 0.144 e. The second-order valence-corrected chi connectivity index (χ2v) is 4.75. The minimum absolute atomic E-state index is 0.345. The van der Waals surface area contributed by atoms with Gasteiger partial charge in [-0.15, -0.1) is 0 Å². The first-order chi connectivity index (χ1) is 8.60. The molecule has 0 spiro atoms. The van der Waals surface area contributed by atoms with E-state index < -0.39 is 0 Å². The Kier molecular flexibility index (Phi) is 3.63. The third kappa shape index (κ3) is 2.69. The lowest BCUT2D eigenvalue weighted by atomic mass is 10.1. The van der Waals surface area contributed by atoms with E-state index in [9.17, 15) is 0 Å². The van der Waals surface area contributed by atoms with Crippen LogP contribution < -0.4 is 4.74 Å². The monoisotopic (exact) mass is 302 g/mol. The molecule has 0 fully saturated rings. The third-order valence-corrected chi connectivity index (χ3v) is 3.74. The minimum Gasteiger partial charge on any atom is -0.457 e. The molecule has 0 unspecified atom stereocenters. The maximum Gasteiger partial charge on any atom is 0.144 e. The van der Waals surface area contributed by atoms with Gasteiger partial charge >= 0.3 is 0 Å². The highest BCUT2D eigenvalue weighted by molar-refractivity contribution is 9.10. The van der Waals surface area contributed by atoms with Gasteiger partial charge < -0.3 is 4.74 Å². The van der Waals surface area contributed by atoms with Gasteiger partial charge in [-0.3, -0.25) is 0 Å². The van der Waals surface area contributed by atoms with E-state index in [2.05, 4.69) is 20.9 Å². The Labute approximate surface area is 114 Å². The number of hydrogen-bond acceptors (Lipinski definition) is 3. The lowest BCUT2D eigenvalue weighted by Gasteiger charge is -2.09. The quantitative estimate of drug-likeness (QED) is 0.838. The molecule has 0 saturated heterocycles. The first-order valence-electron chi connectivity index (χ1n) is 5.41. The van der Waals surface area contributed by atoms with Crippen molar-refractivity contribution in [3.8, 4) is 17.6 Å². The van der Waals surface area contributed by atoms with Crippen molar-refractivity contribution in [3.05, 3.63) is 51.8 Å². The third-order valence-electron chi connectivity index (χ3n) is 2.49. The summed E-state index contributed by atoms with van der Waals surface area (Å²) in [6, 6.07) is 9.23. The SMILES string of the molecule is Cc1cc(Oc2ccnc(C#N)c2)cc(C)c1Br. The molecule has 1 heterocycles. The van der Waals surface area contributed by atoms with Crippen LogP contribution in [-0.2, 0) is 0 Å². The van der Waals surface area contributed by atoms with Crippen LogP contribution in [0.25, 0.3) is 0 Å².